The summed E-state index contributed by atoms with van der Waals surface area (Å²) in [6.07, 6.45) is 4.76. The molecule has 1 saturated carbocycles. The molecule has 1 heterocycles. The lowest BCUT2D eigenvalue weighted by molar-refractivity contribution is 0.626. The highest BCUT2D eigenvalue weighted by Gasteiger charge is 2.27. The van der Waals surface area contributed by atoms with Gasteiger partial charge in [0.25, 0.3) is 0 Å². The molecule has 0 aliphatic heterocycles. The van der Waals surface area contributed by atoms with Crippen LogP contribution in [0, 0.1) is 24.2 Å². The van der Waals surface area contributed by atoms with Gasteiger partial charge in [-0.1, -0.05) is 0 Å². The number of nitriles is 1. The second kappa shape index (κ2) is 4.67. The molecule has 84 valence electrons. The Bertz CT molecular complexity index is 426. The quantitative estimate of drug-likeness (QED) is 0.802. The van der Waals surface area contributed by atoms with E-state index in [0.29, 0.717) is 0 Å². The van der Waals surface area contributed by atoms with Crippen LogP contribution in [0.1, 0.15) is 24.8 Å². The Hall–Kier alpha value is -1.34. The molecule has 0 saturated heterocycles. The second-order valence-electron chi connectivity index (χ2n) is 4.09. The molecule has 0 spiro atoms. The molecule has 0 bridgehead atoms. The maximum Gasteiger partial charge on any atom is 0.224 e. The lowest BCUT2D eigenvalue weighted by atomic mass is 10.1. The third-order valence-electron chi connectivity index (χ3n) is 2.95. The first-order chi connectivity index (χ1) is 7.70. The normalized spacial score (nSPS) is 24.1. The number of hydrogen-bond donors (Lipinski definition) is 1. The Kier molecular flexibility index (Phi) is 3.25. The van der Waals surface area contributed by atoms with E-state index >= 15 is 0 Å². The van der Waals surface area contributed by atoms with Crippen LogP contribution in [0.25, 0.3) is 0 Å². The molecule has 0 amide bonds. The summed E-state index contributed by atoms with van der Waals surface area (Å²) >= 11 is 5.75. The predicted octanol–water partition coefficient (Wildman–Crippen LogP) is 2.54. The van der Waals surface area contributed by atoms with Gasteiger partial charge in [0.15, 0.2) is 0 Å². The molecule has 1 aromatic heterocycles. The number of anilines is 1. The highest BCUT2D eigenvalue weighted by atomic mass is 35.5. The van der Waals surface area contributed by atoms with Crippen LogP contribution in [-0.2, 0) is 0 Å². The molecule has 2 rings (SSSR count). The standard InChI is InChI=1S/C11H13ClN4/c1-7-6-14-11(12)16-10(7)15-9-4-2-3-8(9)5-13/h6,8-9H,2-4H2,1H3,(H,14,15,16). The summed E-state index contributed by atoms with van der Waals surface area (Å²) in [6.45, 7) is 1.93. The van der Waals surface area contributed by atoms with Gasteiger partial charge in [0, 0.05) is 17.8 Å². The molecule has 1 fully saturated rings. The lowest BCUT2D eigenvalue weighted by Crippen LogP contribution is -2.24. The fraction of sp³-hybridized carbons (Fsp3) is 0.545. The smallest absolute Gasteiger partial charge is 0.224 e. The average Bonchev–Trinajstić information content (AvgIpc) is 2.71. The molecule has 1 aliphatic carbocycles. The Morgan fingerprint density at radius 3 is 3.12 bits per heavy atom. The molecular formula is C11H13ClN4. The minimum Gasteiger partial charge on any atom is -0.366 e. The fourth-order valence-corrected chi connectivity index (χ4v) is 2.16. The fourth-order valence-electron chi connectivity index (χ4n) is 2.03. The van der Waals surface area contributed by atoms with E-state index < -0.39 is 0 Å². The summed E-state index contributed by atoms with van der Waals surface area (Å²) in [7, 11) is 0. The second-order valence-corrected chi connectivity index (χ2v) is 4.43. The molecule has 1 aliphatic rings. The predicted molar refractivity (Wildman–Crippen MR) is 62.1 cm³/mol. The number of nitrogens with zero attached hydrogens (tertiary/aromatic N) is 3. The summed E-state index contributed by atoms with van der Waals surface area (Å²) in [5, 5.41) is 12.5. The number of hydrogen-bond acceptors (Lipinski definition) is 4. The largest absolute Gasteiger partial charge is 0.366 e. The highest BCUT2D eigenvalue weighted by Crippen LogP contribution is 2.28. The molecule has 1 aromatic rings. The number of halogens is 1. The van der Waals surface area contributed by atoms with E-state index in [9.17, 15) is 0 Å². The van der Waals surface area contributed by atoms with E-state index in [1.165, 1.54) is 0 Å². The maximum absolute atomic E-state index is 8.99. The van der Waals surface area contributed by atoms with Crippen molar-refractivity contribution in [2.45, 2.75) is 32.2 Å². The molecule has 2 unspecified atom stereocenters. The molecule has 2 atom stereocenters. The van der Waals surface area contributed by atoms with Crippen LogP contribution in [0.4, 0.5) is 5.82 Å². The minimum atomic E-state index is 0.0770. The highest BCUT2D eigenvalue weighted by molar-refractivity contribution is 6.28. The number of aromatic nitrogens is 2. The van der Waals surface area contributed by atoms with Crippen molar-refractivity contribution in [1.82, 2.24) is 9.97 Å². The van der Waals surface area contributed by atoms with Gasteiger partial charge in [0.05, 0.1) is 12.0 Å². The van der Waals surface area contributed by atoms with Crippen LogP contribution in [0.2, 0.25) is 5.28 Å². The zero-order chi connectivity index (χ0) is 11.5. The van der Waals surface area contributed by atoms with Crippen molar-refractivity contribution in [2.24, 2.45) is 5.92 Å². The van der Waals surface area contributed by atoms with E-state index in [0.717, 1.165) is 30.6 Å². The summed E-state index contributed by atoms with van der Waals surface area (Å²) in [5.41, 5.74) is 0.952. The van der Waals surface area contributed by atoms with Gasteiger partial charge in [-0.25, -0.2) is 9.97 Å². The molecule has 5 heteroatoms. The van der Waals surface area contributed by atoms with Crippen molar-refractivity contribution in [1.29, 1.82) is 5.26 Å². The third kappa shape index (κ3) is 2.25. The zero-order valence-corrected chi connectivity index (χ0v) is 9.83. The average molecular weight is 237 g/mol. The van der Waals surface area contributed by atoms with E-state index in [-0.39, 0.29) is 17.2 Å². The first-order valence-electron chi connectivity index (χ1n) is 5.36. The van der Waals surface area contributed by atoms with Gasteiger partial charge in [-0.2, -0.15) is 5.26 Å². The van der Waals surface area contributed by atoms with Crippen LogP contribution >= 0.6 is 11.6 Å². The summed E-state index contributed by atoms with van der Waals surface area (Å²) in [5.74, 6) is 0.820. The van der Waals surface area contributed by atoms with Gasteiger partial charge in [-0.05, 0) is 37.8 Å². The Labute approximate surface area is 99.7 Å². The monoisotopic (exact) mass is 236 g/mol. The van der Waals surface area contributed by atoms with E-state index in [2.05, 4.69) is 21.4 Å². The molecule has 4 nitrogen and oxygen atoms in total. The van der Waals surface area contributed by atoms with Crippen molar-refractivity contribution < 1.29 is 0 Å². The van der Waals surface area contributed by atoms with Gasteiger partial charge in [-0.15, -0.1) is 0 Å². The van der Waals surface area contributed by atoms with Crippen LogP contribution in [-0.4, -0.2) is 16.0 Å². The minimum absolute atomic E-state index is 0.0770. The molecule has 0 aromatic carbocycles. The SMILES string of the molecule is Cc1cnc(Cl)nc1NC1CCCC1C#N. The van der Waals surface area contributed by atoms with Gasteiger partial charge in [0.1, 0.15) is 5.82 Å². The Morgan fingerprint density at radius 1 is 1.56 bits per heavy atom. The van der Waals surface area contributed by atoms with Crippen LogP contribution < -0.4 is 5.32 Å². The lowest BCUT2D eigenvalue weighted by Gasteiger charge is -2.17. The van der Waals surface area contributed by atoms with Crippen LogP contribution in [0.3, 0.4) is 0 Å². The summed E-state index contributed by atoms with van der Waals surface area (Å²) < 4.78 is 0. The molecule has 16 heavy (non-hydrogen) atoms. The Balaban J connectivity index is 2.14. The summed E-state index contributed by atoms with van der Waals surface area (Å²) in [4.78, 5) is 8.04. The Morgan fingerprint density at radius 2 is 2.38 bits per heavy atom. The van der Waals surface area contributed by atoms with Crippen molar-refractivity contribution in [3.05, 3.63) is 17.0 Å². The van der Waals surface area contributed by atoms with Crippen molar-refractivity contribution in [3.8, 4) is 6.07 Å². The van der Waals surface area contributed by atoms with E-state index in [4.69, 9.17) is 16.9 Å². The number of rotatable bonds is 2. The van der Waals surface area contributed by atoms with Crippen molar-refractivity contribution in [3.63, 3.8) is 0 Å². The number of nitrogens with one attached hydrogen (secondary N) is 1. The zero-order valence-electron chi connectivity index (χ0n) is 9.07. The van der Waals surface area contributed by atoms with Crippen molar-refractivity contribution >= 4 is 17.4 Å². The van der Waals surface area contributed by atoms with Gasteiger partial charge in [0.2, 0.25) is 5.28 Å². The van der Waals surface area contributed by atoms with Crippen LogP contribution in [0.15, 0.2) is 6.20 Å². The molecule has 1 N–H and O–H groups in total. The summed E-state index contributed by atoms with van der Waals surface area (Å²) in [6, 6.07) is 2.52. The van der Waals surface area contributed by atoms with E-state index in [1.807, 2.05) is 6.92 Å². The third-order valence-corrected chi connectivity index (χ3v) is 3.13. The first kappa shape index (κ1) is 11.2. The maximum atomic E-state index is 8.99. The van der Waals surface area contributed by atoms with Crippen LogP contribution in [0.5, 0.6) is 0 Å². The van der Waals surface area contributed by atoms with Gasteiger partial charge < -0.3 is 5.32 Å². The molecular weight excluding hydrogens is 224 g/mol. The van der Waals surface area contributed by atoms with Crippen molar-refractivity contribution in [2.75, 3.05) is 5.32 Å². The van der Waals surface area contributed by atoms with E-state index in [1.54, 1.807) is 6.20 Å². The molecule has 0 radical (unpaired) electrons. The topological polar surface area (TPSA) is 61.6 Å². The van der Waals surface area contributed by atoms with Gasteiger partial charge >= 0.3 is 0 Å². The number of aryl methyl sites for hydroxylation is 1. The van der Waals surface area contributed by atoms with Gasteiger partial charge in [-0.3, -0.25) is 0 Å². The first-order valence-corrected chi connectivity index (χ1v) is 5.74.